The fourth-order valence-electron chi connectivity index (χ4n) is 9.61. The first kappa shape index (κ1) is 35.6. The molecule has 0 atom stereocenters. The fourth-order valence-corrected chi connectivity index (χ4v) is 9.61. The maximum Gasteiger partial charge on any atom is 0.235 e. The smallest absolute Gasteiger partial charge is 0.235 e. The van der Waals surface area contributed by atoms with E-state index in [2.05, 4.69) is 206 Å². The largest absolute Gasteiger partial charge is 0.309 e. The molecule has 0 spiro atoms. The number of benzene rings is 7. The third-order valence-electron chi connectivity index (χ3n) is 12.6. The number of fused-ring (bicyclic) bond motifs is 9. The lowest BCUT2D eigenvalue weighted by Crippen LogP contribution is -2.15. The van der Waals surface area contributed by atoms with E-state index >= 15 is 0 Å². The molecule has 0 saturated carbocycles. The third-order valence-corrected chi connectivity index (χ3v) is 12.6. The van der Waals surface area contributed by atoms with Crippen LogP contribution in [-0.2, 0) is 5.41 Å². The van der Waals surface area contributed by atoms with Crippen molar-refractivity contribution < 1.29 is 0 Å². The van der Waals surface area contributed by atoms with Crippen molar-refractivity contribution in [2.24, 2.45) is 0 Å². The minimum Gasteiger partial charge on any atom is -0.309 e. The summed E-state index contributed by atoms with van der Waals surface area (Å²) in [6, 6.07) is 59.1. The fraction of sp³-hybridized carbons (Fsp3) is 0.0714. The van der Waals surface area contributed by atoms with Gasteiger partial charge in [-0.25, -0.2) is 9.97 Å². The Kier molecular flexibility index (Phi) is 8.18. The summed E-state index contributed by atoms with van der Waals surface area (Å²) in [4.78, 5) is 10.1. The monoisotopic (exact) mass is 770 g/mol. The van der Waals surface area contributed by atoms with Gasteiger partial charge in [0.05, 0.1) is 27.8 Å². The maximum absolute atomic E-state index is 5.23. The van der Waals surface area contributed by atoms with E-state index in [-0.39, 0.29) is 5.41 Å². The van der Waals surface area contributed by atoms with Crippen molar-refractivity contribution in [3.05, 3.63) is 217 Å². The molecular formula is C56H42N4. The van der Waals surface area contributed by atoms with Crippen molar-refractivity contribution in [3.63, 3.8) is 0 Å². The summed E-state index contributed by atoms with van der Waals surface area (Å²) < 4.78 is 4.55. The Labute approximate surface area is 349 Å². The van der Waals surface area contributed by atoms with Crippen molar-refractivity contribution in [3.8, 4) is 33.9 Å². The van der Waals surface area contributed by atoms with Crippen molar-refractivity contribution in [2.75, 3.05) is 0 Å². The molecule has 60 heavy (non-hydrogen) atoms. The molecule has 0 N–H and O–H groups in total. The van der Waals surface area contributed by atoms with Gasteiger partial charge in [-0.1, -0.05) is 136 Å². The molecule has 1 aliphatic carbocycles. The Balaban J connectivity index is 0.984. The van der Waals surface area contributed by atoms with Gasteiger partial charge < -0.3 is 4.57 Å². The second-order valence-electron chi connectivity index (χ2n) is 16.2. The van der Waals surface area contributed by atoms with Crippen LogP contribution >= 0.6 is 0 Å². The molecule has 0 saturated heterocycles. The zero-order valence-electron chi connectivity index (χ0n) is 33.9. The van der Waals surface area contributed by atoms with Crippen LogP contribution in [0.25, 0.3) is 88.6 Å². The summed E-state index contributed by atoms with van der Waals surface area (Å²) in [6.45, 7) is 11.0. The van der Waals surface area contributed by atoms with Crippen molar-refractivity contribution in [1.82, 2.24) is 19.1 Å². The highest BCUT2D eigenvalue weighted by molar-refractivity contribution is 6.12. The van der Waals surface area contributed by atoms with Crippen molar-refractivity contribution >= 4 is 54.8 Å². The summed E-state index contributed by atoms with van der Waals surface area (Å²) in [5, 5.41) is 4.78. The van der Waals surface area contributed by atoms with Crippen LogP contribution in [0, 0.1) is 0 Å². The average molecular weight is 771 g/mol. The summed E-state index contributed by atoms with van der Waals surface area (Å²) >= 11 is 0. The molecule has 0 radical (unpaired) electrons. The molecule has 1 aliphatic rings. The van der Waals surface area contributed by atoms with Crippen molar-refractivity contribution in [2.45, 2.75) is 26.2 Å². The predicted octanol–water partition coefficient (Wildman–Crippen LogP) is 14.3. The molecule has 7 aromatic carbocycles. The van der Waals surface area contributed by atoms with Crippen LogP contribution in [-0.4, -0.2) is 19.1 Å². The van der Waals surface area contributed by atoms with E-state index < -0.39 is 0 Å². The van der Waals surface area contributed by atoms with Gasteiger partial charge in [0.1, 0.15) is 0 Å². The molecule has 4 heteroatoms. The van der Waals surface area contributed by atoms with Gasteiger partial charge >= 0.3 is 0 Å². The van der Waals surface area contributed by atoms with E-state index in [1.165, 1.54) is 55.2 Å². The number of aromatic nitrogens is 4. The Morgan fingerprint density at radius 2 is 1.15 bits per heavy atom. The minimum atomic E-state index is -0.0752. The quantitative estimate of drug-likeness (QED) is 0.151. The van der Waals surface area contributed by atoms with Crippen LogP contribution in [0.2, 0.25) is 0 Å². The molecule has 0 bridgehead atoms. The number of hydrogen-bond donors (Lipinski definition) is 0. The predicted molar refractivity (Wildman–Crippen MR) is 252 cm³/mol. The average Bonchev–Trinajstić information content (AvgIpc) is 3.89. The molecule has 286 valence electrons. The number of nitrogens with zero attached hydrogens (tertiary/aromatic N) is 4. The van der Waals surface area contributed by atoms with E-state index in [1.807, 2.05) is 18.3 Å². The number of hydrogen-bond acceptors (Lipinski definition) is 2. The van der Waals surface area contributed by atoms with Crippen LogP contribution in [0.1, 0.15) is 43.2 Å². The number of rotatable bonds is 7. The molecular weight excluding hydrogens is 729 g/mol. The molecule has 0 amide bonds. The van der Waals surface area contributed by atoms with Crippen molar-refractivity contribution in [1.29, 1.82) is 0 Å². The van der Waals surface area contributed by atoms with Crippen LogP contribution < -0.4 is 0 Å². The summed E-state index contributed by atoms with van der Waals surface area (Å²) in [6.07, 6.45) is 8.12. The lowest BCUT2D eigenvalue weighted by molar-refractivity contribution is 0.660. The Bertz CT molecular complexity index is 3430. The zero-order valence-corrected chi connectivity index (χ0v) is 33.9. The molecule has 10 aromatic rings. The van der Waals surface area contributed by atoms with E-state index in [4.69, 9.17) is 9.97 Å². The molecule has 0 aliphatic heterocycles. The highest BCUT2D eigenvalue weighted by Crippen LogP contribution is 2.49. The van der Waals surface area contributed by atoms with E-state index in [0.29, 0.717) is 5.95 Å². The lowest BCUT2D eigenvalue weighted by Gasteiger charge is -2.22. The SMILES string of the molecule is C=C/C(=C\C(=C/C)c1ccc2c(c1)C(C)(C)c1ccccc1-2)c1ccnc(-n2c3ccccc3c3cc(-c4ccc5c(c4)c4ccccc4n5-c4ccccc4)ccc32)n1. The summed E-state index contributed by atoms with van der Waals surface area (Å²) in [5.74, 6) is 0.619. The third kappa shape index (κ3) is 5.45. The van der Waals surface area contributed by atoms with E-state index in [1.54, 1.807) is 0 Å². The summed E-state index contributed by atoms with van der Waals surface area (Å²) in [7, 11) is 0. The van der Waals surface area contributed by atoms with E-state index in [0.717, 1.165) is 49.9 Å². The van der Waals surface area contributed by atoms with Gasteiger partial charge in [0, 0.05) is 44.4 Å². The molecule has 3 heterocycles. The molecule has 0 unspecified atom stereocenters. The first-order valence-corrected chi connectivity index (χ1v) is 20.6. The highest BCUT2D eigenvalue weighted by atomic mass is 15.2. The summed E-state index contributed by atoms with van der Waals surface area (Å²) in [5.41, 5.74) is 17.3. The van der Waals surface area contributed by atoms with Gasteiger partial charge in [0.2, 0.25) is 5.95 Å². The minimum absolute atomic E-state index is 0.0752. The van der Waals surface area contributed by atoms with Gasteiger partial charge in [-0.05, 0) is 118 Å². The first-order chi connectivity index (χ1) is 29.4. The van der Waals surface area contributed by atoms with Crippen LogP contribution in [0.4, 0.5) is 0 Å². The molecule has 4 nitrogen and oxygen atoms in total. The lowest BCUT2D eigenvalue weighted by atomic mass is 9.81. The number of para-hydroxylation sites is 3. The number of allylic oxidation sites excluding steroid dienone is 5. The highest BCUT2D eigenvalue weighted by Gasteiger charge is 2.35. The van der Waals surface area contributed by atoms with Gasteiger partial charge in [-0.2, -0.15) is 0 Å². The molecule has 0 fully saturated rings. The second kappa shape index (κ2) is 13.8. The van der Waals surface area contributed by atoms with Crippen LogP contribution in [0.15, 0.2) is 195 Å². The molecule has 3 aromatic heterocycles. The van der Waals surface area contributed by atoms with Crippen LogP contribution in [0.3, 0.4) is 0 Å². The van der Waals surface area contributed by atoms with Gasteiger partial charge in [0.25, 0.3) is 0 Å². The van der Waals surface area contributed by atoms with Gasteiger partial charge in [-0.3, -0.25) is 4.57 Å². The van der Waals surface area contributed by atoms with Gasteiger partial charge in [0.15, 0.2) is 0 Å². The normalized spacial score (nSPS) is 13.7. The first-order valence-electron chi connectivity index (χ1n) is 20.6. The second-order valence-corrected chi connectivity index (χ2v) is 16.2. The maximum atomic E-state index is 5.23. The topological polar surface area (TPSA) is 35.6 Å². The molecule has 11 rings (SSSR count). The van der Waals surface area contributed by atoms with E-state index in [9.17, 15) is 0 Å². The Hall–Kier alpha value is -7.56. The Morgan fingerprint density at radius 3 is 1.85 bits per heavy atom. The zero-order chi connectivity index (χ0) is 40.5. The van der Waals surface area contributed by atoms with Gasteiger partial charge in [-0.15, -0.1) is 0 Å². The standard InChI is InChI=1S/C56H42N4/c1-5-36(40-24-27-43-42-18-10-13-21-48(42)56(3,4)49(43)35-40)32-37(6-2)50-30-31-57-55(58-50)60-52-23-15-12-20-45(52)47-34-39(26-29-54(47)60)38-25-28-53-46(33-38)44-19-11-14-22-51(44)59(53)41-16-8-7-9-17-41/h5-35H,2H2,1,3-4H3/b36-5+,37-32+. The van der Waals surface area contributed by atoms with Crippen LogP contribution in [0.5, 0.6) is 0 Å². The Morgan fingerprint density at radius 1 is 0.550 bits per heavy atom.